The van der Waals surface area contributed by atoms with Crippen molar-refractivity contribution in [2.45, 2.75) is 33.2 Å². The zero-order chi connectivity index (χ0) is 24.1. The van der Waals surface area contributed by atoms with E-state index in [-0.39, 0.29) is 24.5 Å². The third-order valence-electron chi connectivity index (χ3n) is 5.08. The van der Waals surface area contributed by atoms with Crippen LogP contribution in [-0.4, -0.2) is 33.4 Å². The number of carbonyl (C=O) groups is 2. The molecule has 1 aromatic carbocycles. The molecule has 0 unspecified atom stereocenters. The molecule has 3 rings (SSSR count). The van der Waals surface area contributed by atoms with Crippen LogP contribution in [0.3, 0.4) is 0 Å². The van der Waals surface area contributed by atoms with Gasteiger partial charge in [0.15, 0.2) is 5.69 Å². The lowest BCUT2D eigenvalue weighted by atomic mass is 9.97. The lowest BCUT2D eigenvalue weighted by Gasteiger charge is -2.20. The maximum atomic E-state index is 12.7. The molecule has 0 saturated heterocycles. The predicted molar refractivity (Wildman–Crippen MR) is 121 cm³/mol. The van der Waals surface area contributed by atoms with Crippen molar-refractivity contribution in [1.82, 2.24) is 15.0 Å². The molecule has 0 aliphatic carbocycles. The summed E-state index contributed by atoms with van der Waals surface area (Å²) in [7, 11) is 1.49. The minimum atomic E-state index is -0.765. The summed E-state index contributed by atoms with van der Waals surface area (Å²) < 4.78 is 11.5. The van der Waals surface area contributed by atoms with Crippen molar-refractivity contribution >= 4 is 17.7 Å². The first kappa shape index (κ1) is 23.6. The van der Waals surface area contributed by atoms with E-state index in [4.69, 9.17) is 9.26 Å². The number of rotatable bonds is 7. The van der Waals surface area contributed by atoms with Crippen LogP contribution >= 0.6 is 0 Å². The Balaban J connectivity index is 1.90. The molecule has 0 radical (unpaired) electrons. The molecule has 3 aromatic rings. The summed E-state index contributed by atoms with van der Waals surface area (Å²) in [6.45, 7) is 5.52. The fraction of sp³-hybridized carbons (Fsp3) is 0.304. The van der Waals surface area contributed by atoms with Gasteiger partial charge in [0.05, 0.1) is 24.8 Å². The lowest BCUT2D eigenvalue weighted by molar-refractivity contribution is -0.143. The van der Waals surface area contributed by atoms with Gasteiger partial charge in [-0.15, -0.1) is 0 Å². The number of aromatic hydroxyl groups is 1. The van der Waals surface area contributed by atoms with Crippen LogP contribution in [-0.2, 0) is 16.6 Å². The van der Waals surface area contributed by atoms with Gasteiger partial charge >= 0.3 is 12.0 Å². The summed E-state index contributed by atoms with van der Waals surface area (Å²) in [5, 5.41) is 19.0. The van der Waals surface area contributed by atoms with Crippen molar-refractivity contribution in [3.8, 4) is 16.9 Å². The molecule has 2 heterocycles. The highest BCUT2D eigenvalue weighted by Gasteiger charge is 2.22. The van der Waals surface area contributed by atoms with Crippen molar-refractivity contribution in [3.05, 3.63) is 63.9 Å². The van der Waals surface area contributed by atoms with E-state index in [1.54, 1.807) is 26.0 Å². The molecule has 2 amide bonds. The summed E-state index contributed by atoms with van der Waals surface area (Å²) in [5.41, 5.74) is 2.15. The third kappa shape index (κ3) is 5.40. The van der Waals surface area contributed by atoms with Gasteiger partial charge in [0.2, 0.25) is 0 Å². The maximum Gasteiger partial charge on any atom is 0.319 e. The van der Waals surface area contributed by atoms with E-state index in [9.17, 15) is 19.5 Å². The SMILES string of the molecule is CCOC(=O)C[C@H](NC(=O)Nc1c(O)ccn(C)c1=O)c1cccc(-c2c(C)noc2C)c1. The zero-order valence-electron chi connectivity index (χ0n) is 18.8. The molecule has 0 saturated carbocycles. The molecule has 33 heavy (non-hydrogen) atoms. The monoisotopic (exact) mass is 454 g/mol. The Bertz CT molecular complexity index is 1210. The zero-order valence-corrected chi connectivity index (χ0v) is 18.8. The number of pyridine rings is 1. The molecule has 0 aliphatic rings. The second-order valence-corrected chi connectivity index (χ2v) is 7.48. The standard InChI is InChI=1S/C23H26N4O6/c1-5-32-19(29)12-17(24-23(31)25-21-18(28)9-10-27(4)22(21)30)15-7-6-8-16(11-15)20-13(2)26-33-14(20)3/h6-11,17,28H,5,12H2,1-4H3,(H2,24,25,31)/t17-/m0/s1. The van der Waals surface area contributed by atoms with Gasteiger partial charge in [-0.2, -0.15) is 0 Å². The van der Waals surface area contributed by atoms with Gasteiger partial charge in [0, 0.05) is 18.8 Å². The molecule has 3 N–H and O–H groups in total. The number of ether oxygens (including phenoxy) is 1. The van der Waals surface area contributed by atoms with Crippen LogP contribution in [0.25, 0.3) is 11.1 Å². The molecule has 174 valence electrons. The van der Waals surface area contributed by atoms with Crippen molar-refractivity contribution in [2.24, 2.45) is 7.05 Å². The quantitative estimate of drug-likeness (QED) is 0.467. The topological polar surface area (TPSA) is 136 Å². The van der Waals surface area contributed by atoms with Gasteiger partial charge in [-0.3, -0.25) is 9.59 Å². The number of carbonyl (C=O) groups excluding carboxylic acids is 2. The molecule has 1 atom stereocenters. The highest BCUT2D eigenvalue weighted by Crippen LogP contribution is 2.30. The number of benzene rings is 1. The normalized spacial score (nSPS) is 11.6. The number of hydrogen-bond acceptors (Lipinski definition) is 7. The number of hydrogen-bond donors (Lipinski definition) is 3. The maximum absolute atomic E-state index is 12.7. The van der Waals surface area contributed by atoms with Crippen molar-refractivity contribution in [1.29, 1.82) is 0 Å². The lowest BCUT2D eigenvalue weighted by Crippen LogP contribution is -2.36. The van der Waals surface area contributed by atoms with Gasteiger partial charge in [-0.1, -0.05) is 23.4 Å². The summed E-state index contributed by atoms with van der Waals surface area (Å²) >= 11 is 0. The summed E-state index contributed by atoms with van der Waals surface area (Å²) in [6.07, 6.45) is 1.25. The van der Waals surface area contributed by atoms with Crippen LogP contribution in [0.4, 0.5) is 10.5 Å². The Morgan fingerprint density at radius 3 is 2.70 bits per heavy atom. The fourth-order valence-electron chi connectivity index (χ4n) is 3.49. The minimum absolute atomic E-state index is 0.134. The molecule has 0 fully saturated rings. The molecule has 10 heteroatoms. The van der Waals surface area contributed by atoms with Crippen molar-refractivity contribution < 1.29 is 24.0 Å². The van der Waals surface area contributed by atoms with Gasteiger partial charge < -0.3 is 29.6 Å². The number of urea groups is 1. The van der Waals surface area contributed by atoms with Gasteiger partial charge in [-0.05, 0) is 44.0 Å². The fourth-order valence-corrected chi connectivity index (χ4v) is 3.49. The smallest absolute Gasteiger partial charge is 0.319 e. The van der Waals surface area contributed by atoms with Crippen LogP contribution in [0.5, 0.6) is 5.75 Å². The predicted octanol–water partition coefficient (Wildman–Crippen LogP) is 3.18. The molecule has 2 aromatic heterocycles. The minimum Gasteiger partial charge on any atom is -0.505 e. The van der Waals surface area contributed by atoms with E-state index >= 15 is 0 Å². The van der Waals surface area contributed by atoms with Gasteiger partial charge in [0.1, 0.15) is 11.5 Å². The highest BCUT2D eigenvalue weighted by atomic mass is 16.5. The number of aryl methyl sites for hydroxylation is 3. The first-order chi connectivity index (χ1) is 15.7. The van der Waals surface area contributed by atoms with E-state index in [1.807, 2.05) is 19.1 Å². The Morgan fingerprint density at radius 2 is 2.03 bits per heavy atom. The number of anilines is 1. The summed E-state index contributed by atoms with van der Waals surface area (Å²) in [6, 6.07) is 7.04. The number of amides is 2. The van der Waals surface area contributed by atoms with Crippen LogP contribution in [0.1, 0.15) is 36.4 Å². The van der Waals surface area contributed by atoms with Crippen LogP contribution in [0.15, 0.2) is 45.8 Å². The van der Waals surface area contributed by atoms with E-state index < -0.39 is 23.6 Å². The van der Waals surface area contributed by atoms with Crippen LogP contribution in [0.2, 0.25) is 0 Å². The average Bonchev–Trinajstić information content (AvgIpc) is 3.11. The molecule has 0 aliphatic heterocycles. The first-order valence-corrected chi connectivity index (χ1v) is 10.4. The Kier molecular flexibility index (Phi) is 7.17. The van der Waals surface area contributed by atoms with E-state index in [0.29, 0.717) is 17.0 Å². The number of nitrogens with one attached hydrogen (secondary N) is 2. The second-order valence-electron chi connectivity index (χ2n) is 7.48. The largest absolute Gasteiger partial charge is 0.505 e. The molecular formula is C23H26N4O6. The number of esters is 1. The average molecular weight is 454 g/mol. The van der Waals surface area contributed by atoms with E-state index in [1.165, 1.54) is 23.9 Å². The van der Waals surface area contributed by atoms with Gasteiger partial charge in [0.25, 0.3) is 5.56 Å². The van der Waals surface area contributed by atoms with E-state index in [2.05, 4.69) is 15.8 Å². The first-order valence-electron chi connectivity index (χ1n) is 10.4. The molecule has 10 nitrogen and oxygen atoms in total. The number of nitrogens with zero attached hydrogens (tertiary/aromatic N) is 2. The Labute approximate surface area is 190 Å². The second kappa shape index (κ2) is 10.0. The van der Waals surface area contributed by atoms with E-state index in [0.717, 1.165) is 11.1 Å². The van der Waals surface area contributed by atoms with Crippen molar-refractivity contribution in [2.75, 3.05) is 11.9 Å². The molecular weight excluding hydrogens is 428 g/mol. The molecule has 0 spiro atoms. The van der Waals surface area contributed by atoms with Gasteiger partial charge in [-0.25, -0.2) is 4.79 Å². The van der Waals surface area contributed by atoms with Crippen LogP contribution < -0.4 is 16.2 Å². The Hall–Kier alpha value is -4.08. The van der Waals surface area contributed by atoms with Crippen LogP contribution in [0, 0.1) is 13.8 Å². The van der Waals surface area contributed by atoms with Crippen molar-refractivity contribution in [3.63, 3.8) is 0 Å². The highest BCUT2D eigenvalue weighted by molar-refractivity contribution is 5.91. The number of aromatic nitrogens is 2. The molecule has 0 bridgehead atoms. The Morgan fingerprint density at radius 1 is 1.27 bits per heavy atom. The summed E-state index contributed by atoms with van der Waals surface area (Å²) in [4.78, 5) is 37.2. The summed E-state index contributed by atoms with van der Waals surface area (Å²) in [5.74, 6) is -0.215. The third-order valence-corrected chi connectivity index (χ3v) is 5.08.